The van der Waals surface area contributed by atoms with E-state index < -0.39 is 0 Å². The number of benzene rings is 2. The largest absolute Gasteiger partial charge is 0.360 e. The number of nitrogens with one attached hydrogen (secondary N) is 1. The Balaban J connectivity index is 1.70. The number of para-hydroxylation sites is 1. The van der Waals surface area contributed by atoms with E-state index in [2.05, 4.69) is 23.2 Å². The molecule has 114 valence electrons. The van der Waals surface area contributed by atoms with Gasteiger partial charge in [-0.3, -0.25) is 4.79 Å². The number of hydrogen-bond acceptors (Lipinski definition) is 3. The summed E-state index contributed by atoms with van der Waals surface area (Å²) >= 11 is 1.83. The highest BCUT2D eigenvalue weighted by Gasteiger charge is 2.23. The first-order chi connectivity index (χ1) is 10.6. The first kappa shape index (κ1) is 14.9. The van der Waals surface area contributed by atoms with Crippen LogP contribution in [0.25, 0.3) is 0 Å². The Hall–Kier alpha value is -2.01. The summed E-state index contributed by atoms with van der Waals surface area (Å²) in [7, 11) is 0. The third-order valence-electron chi connectivity index (χ3n) is 3.47. The monoisotopic (exact) mass is 316 g/mol. The summed E-state index contributed by atoms with van der Waals surface area (Å²) in [5, 5.41) is 3.25. The van der Waals surface area contributed by atoms with Crippen LogP contribution in [0.15, 0.2) is 53.4 Å². The molecule has 0 bridgehead atoms. The number of carbonyl (C=O) groups excluding carboxylic acids is 1. The van der Waals surface area contributed by atoms with Crippen molar-refractivity contribution in [2.24, 2.45) is 0 Å². The molecule has 1 aliphatic rings. The van der Waals surface area contributed by atoms with E-state index in [0.717, 1.165) is 12.2 Å². The maximum atomic E-state index is 12.9. The highest BCUT2D eigenvalue weighted by molar-refractivity contribution is 8.00. The third kappa shape index (κ3) is 3.42. The Bertz CT molecular complexity index is 675. The molecule has 0 radical (unpaired) electrons. The maximum absolute atomic E-state index is 12.9. The van der Waals surface area contributed by atoms with Crippen molar-refractivity contribution in [3.8, 4) is 0 Å². The van der Waals surface area contributed by atoms with Crippen LogP contribution in [0.1, 0.15) is 6.92 Å². The molecule has 0 unspecified atom stereocenters. The molecule has 3 nitrogen and oxygen atoms in total. The molecule has 0 aliphatic carbocycles. The number of fused-ring (bicyclic) bond motifs is 1. The fourth-order valence-electron chi connectivity index (χ4n) is 2.54. The van der Waals surface area contributed by atoms with Crippen LogP contribution in [0, 0.1) is 5.82 Å². The Labute approximate surface area is 133 Å². The number of carbonyl (C=O) groups is 1. The molecule has 2 aromatic rings. The molecular weight excluding hydrogens is 299 g/mol. The van der Waals surface area contributed by atoms with E-state index in [1.54, 1.807) is 12.1 Å². The minimum Gasteiger partial charge on any atom is -0.360 e. The first-order valence-corrected chi connectivity index (χ1v) is 8.06. The number of anilines is 2. The number of thioether (sulfide) groups is 1. The Morgan fingerprint density at radius 2 is 2.00 bits per heavy atom. The van der Waals surface area contributed by atoms with Crippen molar-refractivity contribution >= 4 is 29.0 Å². The van der Waals surface area contributed by atoms with Gasteiger partial charge in [0.25, 0.3) is 0 Å². The fraction of sp³-hybridized carbons (Fsp3) is 0.235. The van der Waals surface area contributed by atoms with Crippen LogP contribution in [0.5, 0.6) is 0 Å². The van der Waals surface area contributed by atoms with Crippen LogP contribution in [-0.4, -0.2) is 24.2 Å². The van der Waals surface area contributed by atoms with E-state index in [9.17, 15) is 9.18 Å². The van der Waals surface area contributed by atoms with Crippen LogP contribution in [0.3, 0.4) is 0 Å². The second-order valence-corrected chi connectivity index (χ2v) is 6.81. The van der Waals surface area contributed by atoms with E-state index in [1.165, 1.54) is 17.0 Å². The van der Waals surface area contributed by atoms with Gasteiger partial charge in [0, 0.05) is 22.4 Å². The van der Waals surface area contributed by atoms with Crippen molar-refractivity contribution in [3.05, 3.63) is 54.3 Å². The van der Waals surface area contributed by atoms with E-state index in [0.29, 0.717) is 17.5 Å². The zero-order chi connectivity index (χ0) is 15.5. The van der Waals surface area contributed by atoms with Gasteiger partial charge in [0.05, 0.1) is 12.2 Å². The normalized spacial score (nSPS) is 17.0. The zero-order valence-electron chi connectivity index (χ0n) is 12.3. The summed E-state index contributed by atoms with van der Waals surface area (Å²) < 4.78 is 12.9. The Kier molecular flexibility index (Phi) is 4.34. The van der Waals surface area contributed by atoms with Gasteiger partial charge >= 0.3 is 0 Å². The molecule has 5 heteroatoms. The number of nitrogens with zero attached hydrogens (tertiary/aromatic N) is 1. The highest BCUT2D eigenvalue weighted by Crippen LogP contribution is 2.37. The van der Waals surface area contributed by atoms with E-state index in [1.807, 2.05) is 30.0 Å². The molecule has 1 heterocycles. The number of rotatable bonds is 3. The van der Waals surface area contributed by atoms with Crippen molar-refractivity contribution in [1.29, 1.82) is 0 Å². The number of amides is 1. The smallest absolute Gasteiger partial charge is 0.243 e. The van der Waals surface area contributed by atoms with E-state index in [-0.39, 0.29) is 11.7 Å². The van der Waals surface area contributed by atoms with Crippen LogP contribution in [0.4, 0.5) is 15.8 Å². The van der Waals surface area contributed by atoms with Crippen LogP contribution >= 0.6 is 11.8 Å². The van der Waals surface area contributed by atoms with E-state index in [4.69, 9.17) is 0 Å². The van der Waals surface area contributed by atoms with Gasteiger partial charge in [0.1, 0.15) is 5.82 Å². The molecule has 0 spiro atoms. The molecule has 0 fully saturated rings. The first-order valence-electron chi connectivity index (χ1n) is 7.18. The zero-order valence-corrected chi connectivity index (χ0v) is 13.1. The molecule has 1 aliphatic heterocycles. The van der Waals surface area contributed by atoms with Gasteiger partial charge in [-0.15, -0.1) is 11.8 Å². The predicted octanol–water partition coefficient (Wildman–Crippen LogP) is 3.77. The molecular formula is C17H17FN2OS. The molecule has 1 amide bonds. The predicted molar refractivity (Wildman–Crippen MR) is 89.0 cm³/mol. The minimum atomic E-state index is -0.311. The van der Waals surface area contributed by atoms with Crippen molar-refractivity contribution < 1.29 is 9.18 Å². The second-order valence-electron chi connectivity index (χ2n) is 5.33. The Morgan fingerprint density at radius 1 is 1.27 bits per heavy atom. The summed E-state index contributed by atoms with van der Waals surface area (Å²) in [5.41, 5.74) is 1.71. The molecule has 0 saturated carbocycles. The van der Waals surface area contributed by atoms with Crippen molar-refractivity contribution in [3.63, 3.8) is 0 Å². The van der Waals surface area contributed by atoms with Gasteiger partial charge in [-0.25, -0.2) is 4.39 Å². The quantitative estimate of drug-likeness (QED) is 0.935. The third-order valence-corrected chi connectivity index (χ3v) is 4.62. The average Bonchev–Trinajstić information content (AvgIpc) is 2.49. The molecule has 22 heavy (non-hydrogen) atoms. The molecule has 3 rings (SSSR count). The lowest BCUT2D eigenvalue weighted by Crippen LogP contribution is -2.39. The summed E-state index contributed by atoms with van der Waals surface area (Å²) in [6.45, 7) is 3.28. The second kappa shape index (κ2) is 6.40. The highest BCUT2D eigenvalue weighted by atomic mass is 32.2. The van der Waals surface area contributed by atoms with E-state index >= 15 is 0 Å². The van der Waals surface area contributed by atoms with Crippen molar-refractivity contribution in [1.82, 2.24) is 0 Å². The van der Waals surface area contributed by atoms with Crippen molar-refractivity contribution in [2.45, 2.75) is 17.1 Å². The summed E-state index contributed by atoms with van der Waals surface area (Å²) in [6, 6.07) is 13.9. The van der Waals surface area contributed by atoms with Gasteiger partial charge in [-0.05, 0) is 36.4 Å². The summed E-state index contributed by atoms with van der Waals surface area (Å²) in [5.74, 6) is -0.408. The van der Waals surface area contributed by atoms with Gasteiger partial charge in [-0.1, -0.05) is 19.1 Å². The molecule has 2 aromatic carbocycles. The standard InChI is InChI=1S/C17H17FN2OS/c1-12-10-20(15-4-2-3-5-16(15)22-12)11-17(21)19-14-8-6-13(18)7-9-14/h2-9,12H,10-11H2,1H3,(H,19,21)/t12-/m1/s1. The van der Waals surface area contributed by atoms with Crippen LogP contribution < -0.4 is 10.2 Å². The number of hydrogen-bond donors (Lipinski definition) is 1. The number of halogens is 1. The maximum Gasteiger partial charge on any atom is 0.243 e. The SMILES string of the molecule is C[C@@H]1CN(CC(=O)Nc2ccc(F)cc2)c2ccccc2S1. The molecule has 0 saturated heterocycles. The van der Waals surface area contributed by atoms with Crippen LogP contribution in [0.2, 0.25) is 0 Å². The van der Waals surface area contributed by atoms with Crippen molar-refractivity contribution in [2.75, 3.05) is 23.3 Å². The van der Waals surface area contributed by atoms with Gasteiger partial charge in [0.15, 0.2) is 0 Å². The summed E-state index contributed by atoms with van der Waals surface area (Å²) in [4.78, 5) is 15.5. The Morgan fingerprint density at radius 3 is 2.77 bits per heavy atom. The van der Waals surface area contributed by atoms with Crippen LogP contribution in [-0.2, 0) is 4.79 Å². The van der Waals surface area contributed by atoms with Gasteiger partial charge < -0.3 is 10.2 Å². The average molecular weight is 316 g/mol. The lowest BCUT2D eigenvalue weighted by Gasteiger charge is -2.33. The molecule has 1 N–H and O–H groups in total. The minimum absolute atomic E-state index is 0.0967. The van der Waals surface area contributed by atoms with Gasteiger partial charge in [-0.2, -0.15) is 0 Å². The lowest BCUT2D eigenvalue weighted by molar-refractivity contribution is -0.115. The lowest BCUT2D eigenvalue weighted by atomic mass is 10.2. The topological polar surface area (TPSA) is 32.3 Å². The van der Waals surface area contributed by atoms with Gasteiger partial charge in [0.2, 0.25) is 5.91 Å². The molecule has 0 aromatic heterocycles. The fourth-order valence-corrected chi connectivity index (χ4v) is 3.70. The molecule has 1 atom stereocenters. The summed E-state index contributed by atoms with van der Waals surface area (Å²) in [6.07, 6.45) is 0.